The Bertz CT molecular complexity index is 842. The van der Waals surface area contributed by atoms with E-state index >= 15 is 0 Å². The van der Waals surface area contributed by atoms with E-state index in [9.17, 15) is 0 Å². The minimum Gasteiger partial charge on any atom is -0.493 e. The van der Waals surface area contributed by atoms with Crippen LogP contribution in [-0.4, -0.2) is 12.7 Å². The molecule has 0 radical (unpaired) electrons. The van der Waals surface area contributed by atoms with Crippen LogP contribution in [0.15, 0.2) is 36.4 Å². The molecule has 2 heterocycles. The van der Waals surface area contributed by atoms with Crippen LogP contribution in [0.5, 0.6) is 11.5 Å². The third kappa shape index (κ3) is 4.00. The summed E-state index contributed by atoms with van der Waals surface area (Å²) in [7, 11) is 0. The fourth-order valence-electron chi connectivity index (χ4n) is 4.45. The lowest BCUT2D eigenvalue weighted by Crippen LogP contribution is -2.35. The van der Waals surface area contributed by atoms with Crippen molar-refractivity contribution in [3.05, 3.63) is 58.7 Å². The van der Waals surface area contributed by atoms with Gasteiger partial charge in [0, 0.05) is 18.3 Å². The van der Waals surface area contributed by atoms with Gasteiger partial charge in [0.1, 0.15) is 17.6 Å². The molecule has 2 aromatic rings. The summed E-state index contributed by atoms with van der Waals surface area (Å²) < 4.78 is 12.0. The van der Waals surface area contributed by atoms with Crippen LogP contribution in [0, 0.1) is 10.8 Å². The number of hydrogen-bond donors (Lipinski definition) is 0. The summed E-state index contributed by atoms with van der Waals surface area (Å²) in [4.78, 5) is 0. The second kappa shape index (κ2) is 6.58. The first-order chi connectivity index (χ1) is 12.7. The lowest BCUT2D eigenvalue weighted by atomic mass is 9.78. The number of rotatable bonds is 4. The highest BCUT2D eigenvalue weighted by Crippen LogP contribution is 2.40. The molecule has 0 amide bonds. The smallest absolute Gasteiger partial charge is 0.123 e. The molecular formula is C25H32O2. The number of hydrogen-bond acceptors (Lipinski definition) is 2. The van der Waals surface area contributed by atoms with Gasteiger partial charge in [-0.15, -0.1) is 0 Å². The lowest BCUT2D eigenvalue weighted by molar-refractivity contribution is 0.0935. The van der Waals surface area contributed by atoms with Crippen LogP contribution in [-0.2, 0) is 25.7 Å². The summed E-state index contributed by atoms with van der Waals surface area (Å²) in [5.41, 5.74) is 5.92. The summed E-state index contributed by atoms with van der Waals surface area (Å²) in [6.07, 6.45) is 4.39. The van der Waals surface area contributed by atoms with Crippen molar-refractivity contribution in [1.82, 2.24) is 0 Å². The molecule has 0 aromatic heterocycles. The van der Waals surface area contributed by atoms with E-state index in [2.05, 4.69) is 71.0 Å². The molecule has 2 aromatic carbocycles. The summed E-state index contributed by atoms with van der Waals surface area (Å²) in [6.45, 7) is 12.4. The Morgan fingerprint density at radius 2 is 1.52 bits per heavy atom. The second-order valence-electron chi connectivity index (χ2n) is 10.2. The standard InChI is InChI=1S/C25H32O2/c1-24(2,3)15-17-7-9-22-20(13-17)14-23(27-22)25(4,5)16-18-6-8-21-19(12-18)10-11-26-21/h6-9,12-13,23H,10-11,14-16H2,1-5H3/t23-/m0/s1. The van der Waals surface area contributed by atoms with Gasteiger partial charge in [0.05, 0.1) is 6.61 Å². The average Bonchev–Trinajstić information content (AvgIpc) is 3.18. The van der Waals surface area contributed by atoms with Crippen molar-refractivity contribution in [3.8, 4) is 11.5 Å². The quantitative estimate of drug-likeness (QED) is 0.684. The van der Waals surface area contributed by atoms with E-state index in [0.717, 1.165) is 43.8 Å². The number of benzene rings is 2. The normalized spacial score (nSPS) is 18.6. The first kappa shape index (κ1) is 18.4. The van der Waals surface area contributed by atoms with Gasteiger partial charge in [0.25, 0.3) is 0 Å². The van der Waals surface area contributed by atoms with E-state index in [1.807, 2.05) is 0 Å². The van der Waals surface area contributed by atoms with Gasteiger partial charge < -0.3 is 9.47 Å². The Morgan fingerprint density at radius 3 is 2.26 bits per heavy atom. The second-order valence-corrected chi connectivity index (χ2v) is 10.2. The van der Waals surface area contributed by atoms with Crippen molar-refractivity contribution in [1.29, 1.82) is 0 Å². The lowest BCUT2D eigenvalue weighted by Gasteiger charge is -2.31. The van der Waals surface area contributed by atoms with Gasteiger partial charge in [-0.05, 0) is 52.6 Å². The molecule has 2 heteroatoms. The van der Waals surface area contributed by atoms with Crippen molar-refractivity contribution in [2.45, 2.75) is 66.4 Å². The van der Waals surface area contributed by atoms with Gasteiger partial charge in [0.2, 0.25) is 0 Å². The van der Waals surface area contributed by atoms with E-state index in [1.165, 1.54) is 22.3 Å². The highest BCUT2D eigenvalue weighted by atomic mass is 16.5. The van der Waals surface area contributed by atoms with Crippen molar-refractivity contribution in [2.75, 3.05) is 6.61 Å². The predicted octanol–water partition coefficient (Wildman–Crippen LogP) is 5.78. The van der Waals surface area contributed by atoms with Crippen LogP contribution in [0.3, 0.4) is 0 Å². The number of ether oxygens (including phenoxy) is 2. The molecule has 0 bridgehead atoms. The fourth-order valence-corrected chi connectivity index (χ4v) is 4.45. The van der Waals surface area contributed by atoms with Gasteiger partial charge in [-0.3, -0.25) is 0 Å². The Morgan fingerprint density at radius 1 is 0.852 bits per heavy atom. The molecule has 0 saturated heterocycles. The predicted molar refractivity (Wildman–Crippen MR) is 111 cm³/mol. The Labute approximate surface area is 163 Å². The molecule has 2 aliphatic heterocycles. The first-order valence-electron chi connectivity index (χ1n) is 10.2. The molecule has 0 spiro atoms. The molecule has 2 nitrogen and oxygen atoms in total. The van der Waals surface area contributed by atoms with Gasteiger partial charge in [0.15, 0.2) is 0 Å². The zero-order chi connectivity index (χ0) is 19.2. The van der Waals surface area contributed by atoms with Crippen molar-refractivity contribution < 1.29 is 9.47 Å². The molecule has 144 valence electrons. The molecule has 0 fully saturated rings. The molecule has 0 aliphatic carbocycles. The Kier molecular flexibility index (Phi) is 4.49. The van der Waals surface area contributed by atoms with Crippen LogP contribution in [0.1, 0.15) is 56.9 Å². The van der Waals surface area contributed by atoms with Crippen molar-refractivity contribution in [3.63, 3.8) is 0 Å². The zero-order valence-corrected chi connectivity index (χ0v) is 17.4. The molecule has 27 heavy (non-hydrogen) atoms. The summed E-state index contributed by atoms with van der Waals surface area (Å²) in [6, 6.07) is 13.5. The van der Waals surface area contributed by atoms with Crippen molar-refractivity contribution in [2.24, 2.45) is 10.8 Å². The van der Waals surface area contributed by atoms with E-state index in [4.69, 9.17) is 9.47 Å². The minimum absolute atomic E-state index is 0.0803. The molecule has 0 unspecified atom stereocenters. The van der Waals surface area contributed by atoms with Crippen LogP contribution < -0.4 is 9.47 Å². The topological polar surface area (TPSA) is 18.5 Å². The maximum absolute atomic E-state index is 6.40. The largest absolute Gasteiger partial charge is 0.493 e. The molecular weight excluding hydrogens is 332 g/mol. The maximum Gasteiger partial charge on any atom is 0.123 e. The minimum atomic E-state index is 0.0803. The van der Waals surface area contributed by atoms with Crippen LogP contribution >= 0.6 is 0 Å². The highest BCUT2D eigenvalue weighted by Gasteiger charge is 2.37. The highest BCUT2D eigenvalue weighted by molar-refractivity contribution is 5.42. The van der Waals surface area contributed by atoms with E-state index in [0.29, 0.717) is 5.41 Å². The number of fused-ring (bicyclic) bond motifs is 2. The average molecular weight is 365 g/mol. The van der Waals surface area contributed by atoms with E-state index < -0.39 is 0 Å². The fraction of sp³-hybridized carbons (Fsp3) is 0.520. The van der Waals surface area contributed by atoms with Crippen LogP contribution in [0.2, 0.25) is 0 Å². The van der Waals surface area contributed by atoms with Gasteiger partial charge in [-0.1, -0.05) is 58.9 Å². The van der Waals surface area contributed by atoms with Crippen molar-refractivity contribution >= 4 is 0 Å². The Hall–Kier alpha value is -1.96. The van der Waals surface area contributed by atoms with Crippen LogP contribution in [0.4, 0.5) is 0 Å². The SMILES string of the molecule is CC(C)(C)Cc1ccc2c(c1)C[C@@H](C(C)(C)Cc1ccc3c(c1)CCO3)O2. The molecule has 1 atom stereocenters. The molecule has 0 saturated carbocycles. The summed E-state index contributed by atoms with van der Waals surface area (Å²) in [5, 5.41) is 0. The molecule has 4 rings (SSSR count). The molecule has 0 N–H and O–H groups in total. The molecule has 2 aliphatic rings. The van der Waals surface area contributed by atoms with E-state index in [1.54, 1.807) is 0 Å². The maximum atomic E-state index is 6.40. The van der Waals surface area contributed by atoms with Gasteiger partial charge in [-0.25, -0.2) is 0 Å². The Balaban J connectivity index is 1.48. The monoisotopic (exact) mass is 364 g/mol. The van der Waals surface area contributed by atoms with Gasteiger partial charge >= 0.3 is 0 Å². The van der Waals surface area contributed by atoms with E-state index in [-0.39, 0.29) is 11.5 Å². The zero-order valence-electron chi connectivity index (χ0n) is 17.4. The summed E-state index contributed by atoms with van der Waals surface area (Å²) in [5.74, 6) is 2.14. The first-order valence-corrected chi connectivity index (χ1v) is 10.2. The third-order valence-electron chi connectivity index (χ3n) is 5.82. The third-order valence-corrected chi connectivity index (χ3v) is 5.82. The van der Waals surface area contributed by atoms with Crippen LogP contribution in [0.25, 0.3) is 0 Å². The summed E-state index contributed by atoms with van der Waals surface area (Å²) >= 11 is 0. The van der Waals surface area contributed by atoms with Gasteiger partial charge in [-0.2, -0.15) is 0 Å².